The van der Waals surface area contributed by atoms with Gasteiger partial charge >= 0.3 is 0 Å². The van der Waals surface area contributed by atoms with Crippen molar-refractivity contribution in [1.29, 1.82) is 0 Å². The van der Waals surface area contributed by atoms with E-state index in [2.05, 4.69) is 15.5 Å². The van der Waals surface area contributed by atoms with Crippen LogP contribution in [0.3, 0.4) is 0 Å². The molecule has 1 amide bonds. The summed E-state index contributed by atoms with van der Waals surface area (Å²) in [6.07, 6.45) is 0. The summed E-state index contributed by atoms with van der Waals surface area (Å²) in [7, 11) is 4.03. The lowest BCUT2D eigenvalue weighted by Crippen LogP contribution is -2.49. The Morgan fingerprint density at radius 1 is 1.47 bits per heavy atom. The fraction of sp³-hybridized carbons (Fsp3) is 0.917. The molecule has 0 radical (unpaired) electrons. The highest BCUT2D eigenvalue weighted by atomic mass is 16.5. The zero-order valence-electron chi connectivity index (χ0n) is 11.2. The predicted octanol–water partition coefficient (Wildman–Crippen LogP) is -0.464. The standard InChI is InChI=1S/C12H25N3O2/c1-10(11-8-13-9-11)12(16)14-4-6-17-7-5-15(2)3/h10-11,13H,4-9H2,1-3H3,(H,14,16). The molecule has 1 rings (SSSR count). The van der Waals surface area contributed by atoms with E-state index in [9.17, 15) is 4.79 Å². The van der Waals surface area contributed by atoms with Crippen molar-refractivity contribution in [3.8, 4) is 0 Å². The predicted molar refractivity (Wildman–Crippen MR) is 67.9 cm³/mol. The first-order valence-corrected chi connectivity index (χ1v) is 6.32. The lowest BCUT2D eigenvalue weighted by molar-refractivity contribution is -0.126. The lowest BCUT2D eigenvalue weighted by atomic mass is 9.88. The third-order valence-electron chi connectivity index (χ3n) is 3.16. The Morgan fingerprint density at radius 3 is 2.71 bits per heavy atom. The van der Waals surface area contributed by atoms with Crippen LogP contribution in [0.2, 0.25) is 0 Å². The summed E-state index contributed by atoms with van der Waals surface area (Å²) in [5.41, 5.74) is 0. The van der Waals surface area contributed by atoms with Gasteiger partial charge in [-0.05, 0) is 33.1 Å². The van der Waals surface area contributed by atoms with Gasteiger partial charge < -0.3 is 20.3 Å². The molecule has 1 aliphatic rings. The van der Waals surface area contributed by atoms with Crippen molar-refractivity contribution in [2.75, 3.05) is 53.5 Å². The van der Waals surface area contributed by atoms with Crippen LogP contribution in [0.4, 0.5) is 0 Å². The molecule has 1 heterocycles. The van der Waals surface area contributed by atoms with Gasteiger partial charge in [0.05, 0.1) is 13.2 Å². The van der Waals surface area contributed by atoms with Crippen molar-refractivity contribution in [1.82, 2.24) is 15.5 Å². The van der Waals surface area contributed by atoms with E-state index in [1.165, 1.54) is 0 Å². The summed E-state index contributed by atoms with van der Waals surface area (Å²) in [6, 6.07) is 0. The largest absolute Gasteiger partial charge is 0.378 e. The Kier molecular flexibility index (Phi) is 6.47. The number of ether oxygens (including phenoxy) is 1. The second kappa shape index (κ2) is 7.63. The van der Waals surface area contributed by atoms with Crippen LogP contribution in [-0.2, 0) is 9.53 Å². The Labute approximate surface area is 104 Å². The number of rotatable bonds is 8. The molecule has 5 heteroatoms. The number of nitrogens with zero attached hydrogens (tertiary/aromatic N) is 1. The van der Waals surface area contributed by atoms with E-state index < -0.39 is 0 Å². The first kappa shape index (κ1) is 14.4. The maximum atomic E-state index is 11.7. The molecule has 1 fully saturated rings. The quantitative estimate of drug-likeness (QED) is 0.566. The van der Waals surface area contributed by atoms with Crippen molar-refractivity contribution < 1.29 is 9.53 Å². The molecule has 0 bridgehead atoms. The monoisotopic (exact) mass is 243 g/mol. The van der Waals surface area contributed by atoms with Gasteiger partial charge in [-0.25, -0.2) is 0 Å². The molecule has 2 N–H and O–H groups in total. The number of carbonyl (C=O) groups is 1. The third-order valence-corrected chi connectivity index (χ3v) is 3.16. The average molecular weight is 243 g/mol. The summed E-state index contributed by atoms with van der Waals surface area (Å²) in [5, 5.41) is 6.10. The Balaban J connectivity index is 1.96. The molecule has 0 saturated carbocycles. The van der Waals surface area contributed by atoms with Gasteiger partial charge in [0.15, 0.2) is 0 Å². The number of amides is 1. The molecular weight excluding hydrogens is 218 g/mol. The van der Waals surface area contributed by atoms with Crippen LogP contribution in [0.5, 0.6) is 0 Å². The van der Waals surface area contributed by atoms with Crippen LogP contribution in [0, 0.1) is 11.8 Å². The molecule has 5 nitrogen and oxygen atoms in total. The molecule has 1 aliphatic heterocycles. The van der Waals surface area contributed by atoms with Gasteiger partial charge in [0.25, 0.3) is 0 Å². The maximum absolute atomic E-state index is 11.7. The molecule has 0 spiro atoms. The Bertz CT molecular complexity index is 230. The smallest absolute Gasteiger partial charge is 0.223 e. The van der Waals surface area contributed by atoms with E-state index >= 15 is 0 Å². The van der Waals surface area contributed by atoms with E-state index in [-0.39, 0.29) is 11.8 Å². The van der Waals surface area contributed by atoms with Gasteiger partial charge in [-0.2, -0.15) is 0 Å². The second-order valence-corrected chi connectivity index (χ2v) is 4.91. The van der Waals surface area contributed by atoms with Crippen LogP contribution in [0.1, 0.15) is 6.92 Å². The van der Waals surface area contributed by atoms with Crippen molar-refractivity contribution in [2.45, 2.75) is 6.92 Å². The Hall–Kier alpha value is -0.650. The maximum Gasteiger partial charge on any atom is 0.223 e. The van der Waals surface area contributed by atoms with E-state index in [1.54, 1.807) is 0 Å². The minimum atomic E-state index is 0.109. The molecule has 1 saturated heterocycles. The van der Waals surface area contributed by atoms with Crippen molar-refractivity contribution in [2.24, 2.45) is 11.8 Å². The van der Waals surface area contributed by atoms with Crippen molar-refractivity contribution in [3.05, 3.63) is 0 Å². The minimum absolute atomic E-state index is 0.109. The summed E-state index contributed by atoms with van der Waals surface area (Å²) in [5.74, 6) is 0.760. The van der Waals surface area contributed by atoms with E-state index in [1.807, 2.05) is 21.0 Å². The average Bonchev–Trinajstić information content (AvgIpc) is 2.19. The summed E-state index contributed by atoms with van der Waals surface area (Å²) in [6.45, 7) is 6.75. The van der Waals surface area contributed by atoms with Gasteiger partial charge in [-0.1, -0.05) is 6.92 Å². The van der Waals surface area contributed by atoms with Crippen molar-refractivity contribution >= 4 is 5.91 Å². The second-order valence-electron chi connectivity index (χ2n) is 4.91. The first-order valence-electron chi connectivity index (χ1n) is 6.32. The number of nitrogens with one attached hydrogen (secondary N) is 2. The number of hydrogen-bond acceptors (Lipinski definition) is 4. The molecule has 17 heavy (non-hydrogen) atoms. The molecular formula is C12H25N3O2. The zero-order chi connectivity index (χ0) is 12.7. The van der Waals surface area contributed by atoms with E-state index in [4.69, 9.17) is 4.74 Å². The molecule has 0 aromatic heterocycles. The third kappa shape index (κ3) is 5.48. The lowest BCUT2D eigenvalue weighted by Gasteiger charge is -2.31. The zero-order valence-corrected chi connectivity index (χ0v) is 11.2. The topological polar surface area (TPSA) is 53.6 Å². The van der Waals surface area contributed by atoms with Crippen LogP contribution in [0.25, 0.3) is 0 Å². The van der Waals surface area contributed by atoms with Crippen LogP contribution in [-0.4, -0.2) is 64.3 Å². The summed E-state index contributed by atoms with van der Waals surface area (Å²) < 4.78 is 5.41. The fourth-order valence-electron chi connectivity index (χ4n) is 1.64. The van der Waals surface area contributed by atoms with Crippen LogP contribution < -0.4 is 10.6 Å². The molecule has 0 aromatic rings. The highest BCUT2D eigenvalue weighted by molar-refractivity contribution is 5.78. The van der Waals surface area contributed by atoms with Gasteiger partial charge in [-0.15, -0.1) is 0 Å². The van der Waals surface area contributed by atoms with Gasteiger partial charge in [-0.3, -0.25) is 4.79 Å². The highest BCUT2D eigenvalue weighted by Gasteiger charge is 2.28. The summed E-state index contributed by atoms with van der Waals surface area (Å²) >= 11 is 0. The SMILES string of the molecule is CC(C(=O)NCCOCCN(C)C)C1CNC1. The Morgan fingerprint density at radius 2 is 2.18 bits per heavy atom. The molecule has 0 aliphatic carbocycles. The van der Waals surface area contributed by atoms with E-state index in [0.717, 1.165) is 19.6 Å². The molecule has 1 atom stereocenters. The highest BCUT2D eigenvalue weighted by Crippen LogP contribution is 2.15. The number of hydrogen-bond donors (Lipinski definition) is 2. The van der Waals surface area contributed by atoms with Crippen LogP contribution >= 0.6 is 0 Å². The normalized spacial score (nSPS) is 17.9. The molecule has 1 unspecified atom stereocenters. The van der Waals surface area contributed by atoms with Gasteiger partial charge in [0.2, 0.25) is 5.91 Å². The first-order chi connectivity index (χ1) is 8.11. The van der Waals surface area contributed by atoms with Gasteiger partial charge in [0.1, 0.15) is 0 Å². The molecule has 100 valence electrons. The molecule has 0 aromatic carbocycles. The number of likely N-dealkylation sites (N-methyl/N-ethyl adjacent to an activating group) is 1. The minimum Gasteiger partial charge on any atom is -0.378 e. The van der Waals surface area contributed by atoms with E-state index in [0.29, 0.717) is 25.7 Å². The van der Waals surface area contributed by atoms with Gasteiger partial charge in [0, 0.05) is 19.0 Å². The summed E-state index contributed by atoms with van der Waals surface area (Å²) in [4.78, 5) is 13.8. The van der Waals surface area contributed by atoms with Crippen molar-refractivity contribution in [3.63, 3.8) is 0 Å². The fourth-order valence-corrected chi connectivity index (χ4v) is 1.64. The number of carbonyl (C=O) groups excluding carboxylic acids is 1. The van der Waals surface area contributed by atoms with Crippen LogP contribution in [0.15, 0.2) is 0 Å².